The minimum absolute atomic E-state index is 0.104. The number of para-hydroxylation sites is 1. The summed E-state index contributed by atoms with van der Waals surface area (Å²) >= 11 is 0. The Hall–Kier alpha value is -4.01. The van der Waals surface area contributed by atoms with Gasteiger partial charge < -0.3 is 24.4 Å². The van der Waals surface area contributed by atoms with E-state index in [1.165, 1.54) is 7.11 Å². The van der Waals surface area contributed by atoms with Crippen LogP contribution in [0.4, 0.5) is 0 Å². The Morgan fingerprint density at radius 3 is 2.77 bits per heavy atom. The first-order chi connectivity index (χ1) is 14.5. The van der Waals surface area contributed by atoms with Crippen LogP contribution in [0, 0.1) is 0 Å². The van der Waals surface area contributed by atoms with E-state index in [4.69, 9.17) is 19.3 Å². The van der Waals surface area contributed by atoms with E-state index >= 15 is 0 Å². The summed E-state index contributed by atoms with van der Waals surface area (Å²) in [5, 5.41) is 25.0. The fraction of sp³-hybridized carbons (Fsp3) is 0.190. The van der Waals surface area contributed by atoms with E-state index in [1.807, 2.05) is 0 Å². The summed E-state index contributed by atoms with van der Waals surface area (Å²) in [4.78, 5) is 23.5. The van der Waals surface area contributed by atoms with Crippen molar-refractivity contribution in [1.29, 1.82) is 0 Å². The zero-order chi connectivity index (χ0) is 21.3. The van der Waals surface area contributed by atoms with Gasteiger partial charge in [-0.2, -0.15) is 5.10 Å². The number of phenolic OH excluding ortho intramolecular Hbond substituents is 1. The second kappa shape index (κ2) is 7.78. The topological polar surface area (TPSA) is 118 Å². The van der Waals surface area contributed by atoms with Gasteiger partial charge in [0.05, 0.1) is 18.9 Å². The molecular formula is C21H18N2O7. The number of rotatable bonds is 5. The van der Waals surface area contributed by atoms with Gasteiger partial charge in [0, 0.05) is 29.7 Å². The second-order valence-electron chi connectivity index (χ2n) is 6.59. The third-order valence-electron chi connectivity index (χ3n) is 4.82. The number of aliphatic carboxylic acids is 1. The Labute approximate surface area is 171 Å². The normalized spacial score (nSPS) is 17.3. The molecule has 0 radical (unpaired) electrons. The highest BCUT2D eigenvalue weighted by Gasteiger charge is 2.35. The van der Waals surface area contributed by atoms with E-state index in [9.17, 15) is 14.7 Å². The summed E-state index contributed by atoms with van der Waals surface area (Å²) in [7, 11) is 1.43. The van der Waals surface area contributed by atoms with E-state index in [0.717, 1.165) is 22.7 Å². The number of fused-ring (bicyclic) bond motifs is 1. The number of carboxylic acid groups (broad SMARTS) is 1. The molecule has 2 aliphatic heterocycles. The Kier molecular flexibility index (Phi) is 5.01. The number of nitrogens with zero attached hydrogens (tertiary/aromatic N) is 2. The molecule has 1 amide bonds. The summed E-state index contributed by atoms with van der Waals surface area (Å²) in [6.07, 6.45) is 1.98. The van der Waals surface area contributed by atoms with Gasteiger partial charge >= 0.3 is 5.97 Å². The third kappa shape index (κ3) is 3.52. The van der Waals surface area contributed by atoms with E-state index in [0.29, 0.717) is 29.2 Å². The van der Waals surface area contributed by atoms with Crippen LogP contribution in [0.25, 0.3) is 0 Å². The van der Waals surface area contributed by atoms with Gasteiger partial charge in [0.1, 0.15) is 0 Å². The number of carboxylic acids is 1. The summed E-state index contributed by atoms with van der Waals surface area (Å²) in [6, 6.07) is 9.65. The van der Waals surface area contributed by atoms with E-state index in [-0.39, 0.29) is 18.3 Å². The first kappa shape index (κ1) is 19.3. The van der Waals surface area contributed by atoms with Crippen LogP contribution in [0.3, 0.4) is 0 Å². The zero-order valence-corrected chi connectivity index (χ0v) is 15.9. The number of hydrazone groups is 1. The van der Waals surface area contributed by atoms with Crippen LogP contribution in [0.2, 0.25) is 0 Å². The number of hydrogen-bond acceptors (Lipinski definition) is 7. The molecule has 2 aliphatic rings. The number of phenols is 1. The van der Waals surface area contributed by atoms with Gasteiger partial charge in [-0.3, -0.25) is 4.79 Å². The number of methoxy groups -OCH3 is 1. The van der Waals surface area contributed by atoms with Gasteiger partial charge in [-0.1, -0.05) is 12.1 Å². The summed E-state index contributed by atoms with van der Waals surface area (Å²) in [5.41, 5.74) is 1.74. The number of aromatic hydroxyl groups is 1. The molecule has 2 N–H and O–H groups in total. The largest absolute Gasteiger partial charge is 0.504 e. The van der Waals surface area contributed by atoms with Crippen LogP contribution in [0.15, 0.2) is 53.7 Å². The standard InChI is InChI=1S/C21H18N2O7/c1-28-17-4-2-3-13(21(17)27)15-10-14(22-23(15)19(24)7-8-20(25)26)12-5-6-16-18(9-12)30-11-29-16/h2-9,15,27H,10-11H2,1H3,(H,25,26)/b8-7+. The van der Waals surface area contributed by atoms with Crippen LogP contribution in [-0.4, -0.2) is 46.7 Å². The maximum atomic E-state index is 12.7. The first-order valence-corrected chi connectivity index (χ1v) is 9.05. The van der Waals surface area contributed by atoms with Gasteiger partial charge in [-0.25, -0.2) is 9.80 Å². The van der Waals surface area contributed by atoms with E-state index in [2.05, 4.69) is 5.10 Å². The van der Waals surface area contributed by atoms with Crippen molar-refractivity contribution in [1.82, 2.24) is 5.01 Å². The first-order valence-electron chi connectivity index (χ1n) is 9.05. The van der Waals surface area contributed by atoms with Crippen molar-refractivity contribution in [3.63, 3.8) is 0 Å². The molecule has 0 fully saturated rings. The van der Waals surface area contributed by atoms with Gasteiger partial charge in [-0.05, 0) is 24.3 Å². The molecular weight excluding hydrogens is 392 g/mol. The van der Waals surface area contributed by atoms with Crippen molar-refractivity contribution in [2.45, 2.75) is 12.5 Å². The molecule has 1 unspecified atom stereocenters. The van der Waals surface area contributed by atoms with Crippen LogP contribution < -0.4 is 14.2 Å². The molecule has 9 nitrogen and oxygen atoms in total. The quantitative estimate of drug-likeness (QED) is 0.727. The number of carbonyl (C=O) groups is 2. The lowest BCUT2D eigenvalue weighted by atomic mass is 9.97. The predicted molar refractivity (Wildman–Crippen MR) is 105 cm³/mol. The fourth-order valence-electron chi connectivity index (χ4n) is 3.40. The molecule has 0 saturated carbocycles. The Bertz CT molecular complexity index is 1080. The Morgan fingerprint density at radius 1 is 1.20 bits per heavy atom. The smallest absolute Gasteiger partial charge is 0.328 e. The van der Waals surface area contributed by atoms with Crippen molar-refractivity contribution < 1.29 is 34.0 Å². The van der Waals surface area contributed by atoms with Gasteiger partial charge in [0.15, 0.2) is 23.0 Å². The van der Waals surface area contributed by atoms with Crippen LogP contribution >= 0.6 is 0 Å². The summed E-state index contributed by atoms with van der Waals surface area (Å²) < 4.78 is 15.9. The zero-order valence-electron chi connectivity index (χ0n) is 15.9. The van der Waals surface area contributed by atoms with Crippen molar-refractivity contribution in [3.8, 4) is 23.0 Å². The lowest BCUT2D eigenvalue weighted by molar-refractivity contribution is -0.132. The lowest BCUT2D eigenvalue weighted by Gasteiger charge is -2.22. The molecule has 4 rings (SSSR count). The molecule has 30 heavy (non-hydrogen) atoms. The number of amides is 1. The molecule has 2 heterocycles. The Balaban J connectivity index is 1.73. The maximum Gasteiger partial charge on any atom is 0.328 e. The fourth-order valence-corrected chi connectivity index (χ4v) is 3.40. The molecule has 0 aromatic heterocycles. The minimum atomic E-state index is -1.25. The average Bonchev–Trinajstić information content (AvgIpc) is 3.38. The van der Waals surface area contributed by atoms with Crippen molar-refractivity contribution in [2.75, 3.05) is 13.9 Å². The van der Waals surface area contributed by atoms with Crippen LogP contribution in [0.5, 0.6) is 23.0 Å². The van der Waals surface area contributed by atoms with E-state index < -0.39 is 17.9 Å². The molecule has 0 aliphatic carbocycles. The average molecular weight is 410 g/mol. The number of hydrogen-bond donors (Lipinski definition) is 2. The highest BCUT2D eigenvalue weighted by atomic mass is 16.7. The third-order valence-corrected chi connectivity index (χ3v) is 4.82. The van der Waals surface area contributed by atoms with Crippen LogP contribution in [-0.2, 0) is 9.59 Å². The van der Waals surface area contributed by atoms with Crippen molar-refractivity contribution in [3.05, 3.63) is 59.7 Å². The molecule has 0 spiro atoms. The number of ether oxygens (including phenoxy) is 3. The number of benzene rings is 2. The van der Waals surface area contributed by atoms with Crippen molar-refractivity contribution in [2.24, 2.45) is 5.10 Å². The molecule has 0 saturated heterocycles. The molecule has 1 atom stereocenters. The highest BCUT2D eigenvalue weighted by Crippen LogP contribution is 2.42. The van der Waals surface area contributed by atoms with Crippen molar-refractivity contribution >= 4 is 17.6 Å². The van der Waals surface area contributed by atoms with Gasteiger partial charge in [-0.15, -0.1) is 0 Å². The molecule has 2 aromatic rings. The monoisotopic (exact) mass is 410 g/mol. The number of carbonyl (C=O) groups excluding carboxylic acids is 1. The minimum Gasteiger partial charge on any atom is -0.504 e. The van der Waals surface area contributed by atoms with Crippen LogP contribution in [0.1, 0.15) is 23.6 Å². The van der Waals surface area contributed by atoms with Gasteiger partial charge in [0.25, 0.3) is 5.91 Å². The lowest BCUT2D eigenvalue weighted by Crippen LogP contribution is -2.25. The molecule has 154 valence electrons. The van der Waals surface area contributed by atoms with Gasteiger partial charge in [0.2, 0.25) is 6.79 Å². The predicted octanol–water partition coefficient (Wildman–Crippen LogP) is 2.45. The Morgan fingerprint density at radius 2 is 2.00 bits per heavy atom. The SMILES string of the molecule is COc1cccc(C2CC(c3ccc4c(c3)OCO4)=NN2C(=O)/C=C/C(=O)O)c1O. The summed E-state index contributed by atoms with van der Waals surface area (Å²) in [5.74, 6) is -0.517. The van der Waals surface area contributed by atoms with E-state index in [1.54, 1.807) is 36.4 Å². The summed E-state index contributed by atoms with van der Waals surface area (Å²) in [6.45, 7) is 0.135. The second-order valence-corrected chi connectivity index (χ2v) is 6.59. The molecule has 0 bridgehead atoms. The maximum absolute atomic E-state index is 12.7. The highest BCUT2D eigenvalue weighted by molar-refractivity contribution is 6.05. The molecule has 9 heteroatoms. The molecule has 2 aromatic carbocycles.